The lowest BCUT2D eigenvalue weighted by molar-refractivity contribution is -0.120. The maximum absolute atomic E-state index is 12.1. The number of hydrogen-bond acceptors (Lipinski definition) is 5. The Morgan fingerprint density at radius 3 is 2.37 bits per heavy atom. The molecule has 2 aromatic rings. The van der Waals surface area contributed by atoms with Gasteiger partial charge in [0, 0.05) is 11.3 Å². The average Bonchev–Trinajstić information content (AvgIpc) is 2.61. The molecule has 0 heterocycles. The molecule has 0 radical (unpaired) electrons. The van der Waals surface area contributed by atoms with Crippen molar-refractivity contribution < 1.29 is 19.1 Å². The highest BCUT2D eigenvalue weighted by Crippen LogP contribution is 2.35. The smallest absolute Gasteiger partial charge is 0.265 e. The predicted molar refractivity (Wildman–Crippen MR) is 107 cm³/mol. The topological polar surface area (TPSA) is 69.2 Å². The summed E-state index contributed by atoms with van der Waals surface area (Å²) in [5, 5.41) is 7.05. The third-order valence-corrected chi connectivity index (χ3v) is 4.15. The van der Waals surface area contributed by atoms with Crippen molar-refractivity contribution in [2.24, 2.45) is 5.16 Å². The lowest BCUT2D eigenvalue weighted by Gasteiger charge is -2.12. The minimum atomic E-state index is -0.285. The number of hydrogen-bond donors (Lipinski definition) is 1. The molecule has 2 aromatic carbocycles. The molecule has 0 aromatic heterocycles. The molecule has 0 aliphatic rings. The summed E-state index contributed by atoms with van der Waals surface area (Å²) in [6.07, 6.45) is 1.45. The summed E-state index contributed by atoms with van der Waals surface area (Å²) in [5.74, 6) is 0.641. The summed E-state index contributed by atoms with van der Waals surface area (Å²) in [5.41, 5.74) is 4.61. The molecule has 27 heavy (non-hydrogen) atoms. The second-order valence-electron chi connectivity index (χ2n) is 6.07. The first-order valence-electron chi connectivity index (χ1n) is 8.30. The van der Waals surface area contributed by atoms with Gasteiger partial charge in [0.1, 0.15) is 0 Å². The first-order valence-corrected chi connectivity index (χ1v) is 8.68. The van der Waals surface area contributed by atoms with Crippen LogP contribution in [0.3, 0.4) is 0 Å². The number of benzene rings is 2. The van der Waals surface area contributed by atoms with Crippen molar-refractivity contribution in [2.45, 2.75) is 20.8 Å². The minimum absolute atomic E-state index is 0.204. The summed E-state index contributed by atoms with van der Waals surface area (Å²) in [4.78, 5) is 17.2. The van der Waals surface area contributed by atoms with E-state index in [4.69, 9.17) is 25.9 Å². The maximum atomic E-state index is 12.1. The van der Waals surface area contributed by atoms with Gasteiger partial charge in [-0.15, -0.1) is 0 Å². The van der Waals surface area contributed by atoms with Crippen LogP contribution in [0.25, 0.3) is 0 Å². The van der Waals surface area contributed by atoms with Gasteiger partial charge in [-0.2, -0.15) is 0 Å². The van der Waals surface area contributed by atoms with Crippen molar-refractivity contribution in [1.29, 1.82) is 0 Å². The zero-order chi connectivity index (χ0) is 20.0. The van der Waals surface area contributed by atoms with E-state index >= 15 is 0 Å². The Kier molecular flexibility index (Phi) is 7.07. The normalized spacial score (nSPS) is 10.7. The fraction of sp³-hybridized carbons (Fsp3) is 0.300. The maximum Gasteiger partial charge on any atom is 0.265 e. The molecule has 2 rings (SSSR count). The monoisotopic (exact) mass is 390 g/mol. The Morgan fingerprint density at radius 1 is 1.11 bits per heavy atom. The number of aryl methyl sites for hydroxylation is 3. The van der Waals surface area contributed by atoms with E-state index in [1.165, 1.54) is 20.4 Å². The molecular weight excluding hydrogens is 368 g/mol. The van der Waals surface area contributed by atoms with Gasteiger partial charge >= 0.3 is 0 Å². The number of nitrogens with zero attached hydrogens (tertiary/aromatic N) is 1. The SMILES string of the molecule is COc1cc(/C=N\OCC(=O)Nc2c(C)cc(C)cc2C)cc(Cl)c1OC. The van der Waals surface area contributed by atoms with Crippen LogP contribution in [-0.4, -0.2) is 32.9 Å². The molecule has 0 fully saturated rings. The Morgan fingerprint density at radius 2 is 1.78 bits per heavy atom. The van der Waals surface area contributed by atoms with Crippen LogP contribution in [0.5, 0.6) is 11.5 Å². The summed E-state index contributed by atoms with van der Waals surface area (Å²) in [6.45, 7) is 5.72. The standard InChI is InChI=1S/C20H23ClN2O4/c1-12-6-13(2)19(14(3)7-12)23-18(24)11-27-22-10-15-8-16(21)20(26-5)17(9-15)25-4/h6-10H,11H2,1-5H3,(H,23,24)/b22-10-. The van der Waals surface area contributed by atoms with Gasteiger partial charge in [-0.1, -0.05) is 34.5 Å². The van der Waals surface area contributed by atoms with E-state index in [2.05, 4.69) is 10.5 Å². The summed E-state index contributed by atoms with van der Waals surface area (Å²) >= 11 is 6.14. The molecule has 0 atom stereocenters. The van der Waals surface area contributed by atoms with Crippen LogP contribution in [0.2, 0.25) is 5.02 Å². The third kappa shape index (κ3) is 5.37. The van der Waals surface area contributed by atoms with E-state index in [0.717, 1.165) is 22.4 Å². The zero-order valence-electron chi connectivity index (χ0n) is 16.1. The number of carbonyl (C=O) groups excluding carboxylic acids is 1. The van der Waals surface area contributed by atoms with Gasteiger partial charge in [0.2, 0.25) is 0 Å². The van der Waals surface area contributed by atoms with E-state index in [-0.39, 0.29) is 12.5 Å². The van der Waals surface area contributed by atoms with Crippen molar-refractivity contribution in [3.63, 3.8) is 0 Å². The van der Waals surface area contributed by atoms with Crippen LogP contribution in [-0.2, 0) is 9.63 Å². The van der Waals surface area contributed by atoms with Crippen molar-refractivity contribution >= 4 is 29.4 Å². The Balaban J connectivity index is 1.96. The number of anilines is 1. The third-order valence-electron chi connectivity index (χ3n) is 3.87. The summed E-state index contributed by atoms with van der Waals surface area (Å²) in [6, 6.07) is 7.40. The van der Waals surface area contributed by atoms with Gasteiger partial charge in [-0.3, -0.25) is 4.79 Å². The molecule has 1 amide bonds. The molecule has 7 heteroatoms. The molecule has 144 valence electrons. The molecule has 0 unspecified atom stereocenters. The number of amides is 1. The molecule has 0 aliphatic carbocycles. The van der Waals surface area contributed by atoms with Gasteiger partial charge in [-0.05, 0) is 44.0 Å². The minimum Gasteiger partial charge on any atom is -0.493 e. The Labute approximate surface area is 164 Å². The molecule has 6 nitrogen and oxygen atoms in total. The average molecular weight is 391 g/mol. The van der Waals surface area contributed by atoms with Crippen LogP contribution in [0.1, 0.15) is 22.3 Å². The fourth-order valence-electron chi connectivity index (χ4n) is 2.76. The largest absolute Gasteiger partial charge is 0.493 e. The van der Waals surface area contributed by atoms with Gasteiger partial charge in [0.25, 0.3) is 5.91 Å². The van der Waals surface area contributed by atoms with E-state index < -0.39 is 0 Å². The second kappa shape index (κ2) is 9.28. The van der Waals surface area contributed by atoms with Gasteiger partial charge in [0.15, 0.2) is 18.1 Å². The predicted octanol–water partition coefficient (Wildman–Crippen LogP) is 4.27. The van der Waals surface area contributed by atoms with Crippen LogP contribution in [0.4, 0.5) is 5.69 Å². The number of nitrogens with one attached hydrogen (secondary N) is 1. The Hall–Kier alpha value is -2.73. The highest BCUT2D eigenvalue weighted by Gasteiger charge is 2.11. The van der Waals surface area contributed by atoms with Crippen molar-refractivity contribution in [3.8, 4) is 11.5 Å². The van der Waals surface area contributed by atoms with E-state index in [9.17, 15) is 4.79 Å². The van der Waals surface area contributed by atoms with E-state index in [1.54, 1.807) is 12.1 Å². The number of methoxy groups -OCH3 is 2. The molecular formula is C20H23ClN2O4. The molecule has 0 aliphatic heterocycles. The van der Waals surface area contributed by atoms with Crippen LogP contribution in [0, 0.1) is 20.8 Å². The number of ether oxygens (including phenoxy) is 2. The van der Waals surface area contributed by atoms with Crippen molar-refractivity contribution in [3.05, 3.63) is 51.5 Å². The molecule has 1 N–H and O–H groups in total. The second-order valence-corrected chi connectivity index (χ2v) is 6.48. The lowest BCUT2D eigenvalue weighted by Crippen LogP contribution is -2.18. The fourth-order valence-corrected chi connectivity index (χ4v) is 3.06. The number of carbonyl (C=O) groups is 1. The van der Waals surface area contributed by atoms with Crippen LogP contribution in [0.15, 0.2) is 29.4 Å². The van der Waals surface area contributed by atoms with Gasteiger partial charge in [0.05, 0.1) is 25.5 Å². The number of oxime groups is 1. The van der Waals surface area contributed by atoms with Gasteiger partial charge in [-0.25, -0.2) is 0 Å². The summed E-state index contributed by atoms with van der Waals surface area (Å²) in [7, 11) is 3.03. The van der Waals surface area contributed by atoms with E-state index in [0.29, 0.717) is 22.1 Å². The number of halogens is 1. The first kappa shape index (κ1) is 20.6. The molecule has 0 bridgehead atoms. The Bertz CT molecular complexity index is 842. The van der Waals surface area contributed by atoms with Crippen LogP contribution >= 0.6 is 11.6 Å². The van der Waals surface area contributed by atoms with E-state index in [1.807, 2.05) is 32.9 Å². The highest BCUT2D eigenvalue weighted by atomic mass is 35.5. The molecule has 0 saturated heterocycles. The first-order chi connectivity index (χ1) is 12.8. The van der Waals surface area contributed by atoms with Crippen LogP contribution < -0.4 is 14.8 Å². The van der Waals surface area contributed by atoms with Crippen molar-refractivity contribution in [1.82, 2.24) is 0 Å². The lowest BCUT2D eigenvalue weighted by atomic mass is 10.1. The zero-order valence-corrected chi connectivity index (χ0v) is 16.8. The molecule has 0 saturated carbocycles. The highest BCUT2D eigenvalue weighted by molar-refractivity contribution is 6.32. The summed E-state index contributed by atoms with van der Waals surface area (Å²) < 4.78 is 10.4. The number of rotatable bonds is 7. The van der Waals surface area contributed by atoms with Gasteiger partial charge < -0.3 is 19.6 Å². The van der Waals surface area contributed by atoms with Crippen molar-refractivity contribution in [2.75, 3.05) is 26.1 Å². The molecule has 0 spiro atoms. The quantitative estimate of drug-likeness (QED) is 0.566.